The molecular weight excluding hydrogens is 154 g/mol. The van der Waals surface area contributed by atoms with Crippen molar-refractivity contribution >= 4 is 11.4 Å². The zero-order chi connectivity index (χ0) is 9.14. The zero-order valence-electron chi connectivity index (χ0n) is 6.87. The van der Waals surface area contributed by atoms with Crippen LogP contribution in [0.5, 0.6) is 5.75 Å². The average molecular weight is 165 g/mol. The van der Waals surface area contributed by atoms with Gasteiger partial charge in [-0.05, 0) is 12.1 Å². The summed E-state index contributed by atoms with van der Waals surface area (Å²) in [4.78, 5) is 0. The standard InChI is InChI=1S/C9H11NO2/c1-6(12-2)9-7(10)4-3-5-8(9)11/h3-5,11H,1,10H2,2H3. The van der Waals surface area contributed by atoms with Crippen LogP contribution < -0.4 is 5.73 Å². The molecule has 0 aromatic heterocycles. The number of rotatable bonds is 2. The van der Waals surface area contributed by atoms with Crippen LogP contribution in [0.25, 0.3) is 5.76 Å². The molecule has 64 valence electrons. The summed E-state index contributed by atoms with van der Waals surface area (Å²) < 4.78 is 4.86. The van der Waals surface area contributed by atoms with Crippen molar-refractivity contribution in [2.45, 2.75) is 0 Å². The highest BCUT2D eigenvalue weighted by atomic mass is 16.5. The molecule has 3 nitrogen and oxygen atoms in total. The van der Waals surface area contributed by atoms with E-state index < -0.39 is 0 Å². The van der Waals surface area contributed by atoms with Crippen molar-refractivity contribution in [3.05, 3.63) is 30.3 Å². The van der Waals surface area contributed by atoms with Gasteiger partial charge in [0.25, 0.3) is 0 Å². The van der Waals surface area contributed by atoms with Crippen molar-refractivity contribution in [2.75, 3.05) is 12.8 Å². The maximum absolute atomic E-state index is 9.37. The Kier molecular flexibility index (Phi) is 2.24. The molecule has 0 atom stereocenters. The van der Waals surface area contributed by atoms with Crippen LogP contribution in [-0.4, -0.2) is 12.2 Å². The van der Waals surface area contributed by atoms with E-state index in [0.29, 0.717) is 17.0 Å². The lowest BCUT2D eigenvalue weighted by atomic mass is 10.1. The highest BCUT2D eigenvalue weighted by molar-refractivity contribution is 5.74. The smallest absolute Gasteiger partial charge is 0.128 e. The molecule has 0 spiro atoms. The van der Waals surface area contributed by atoms with Gasteiger partial charge in [-0.25, -0.2) is 0 Å². The van der Waals surface area contributed by atoms with Gasteiger partial charge in [-0.2, -0.15) is 0 Å². The predicted molar refractivity (Wildman–Crippen MR) is 48.6 cm³/mol. The lowest BCUT2D eigenvalue weighted by Gasteiger charge is -2.08. The highest BCUT2D eigenvalue weighted by Crippen LogP contribution is 2.29. The van der Waals surface area contributed by atoms with Crippen LogP contribution in [0, 0.1) is 0 Å². The number of hydrogen-bond donors (Lipinski definition) is 2. The fourth-order valence-electron chi connectivity index (χ4n) is 0.963. The maximum atomic E-state index is 9.37. The van der Waals surface area contributed by atoms with E-state index in [1.165, 1.54) is 13.2 Å². The Bertz CT molecular complexity index is 287. The molecule has 0 unspecified atom stereocenters. The molecule has 3 N–H and O–H groups in total. The van der Waals surface area contributed by atoms with E-state index in [-0.39, 0.29) is 5.75 Å². The van der Waals surface area contributed by atoms with Crippen molar-refractivity contribution in [2.24, 2.45) is 0 Å². The van der Waals surface area contributed by atoms with Crippen molar-refractivity contribution in [3.63, 3.8) is 0 Å². The molecule has 0 bridgehead atoms. The van der Waals surface area contributed by atoms with Crippen LogP contribution in [0.2, 0.25) is 0 Å². The first kappa shape index (κ1) is 8.46. The molecule has 0 aliphatic rings. The fraction of sp³-hybridized carbons (Fsp3) is 0.111. The molecule has 0 heterocycles. The lowest BCUT2D eigenvalue weighted by Crippen LogP contribution is -1.94. The number of aromatic hydroxyl groups is 1. The van der Waals surface area contributed by atoms with Crippen LogP contribution in [0.15, 0.2) is 24.8 Å². The Hall–Kier alpha value is -1.64. The van der Waals surface area contributed by atoms with Gasteiger partial charge in [-0.3, -0.25) is 0 Å². The number of hydrogen-bond acceptors (Lipinski definition) is 3. The number of phenolic OH excluding ortho intramolecular Hbond substituents is 1. The van der Waals surface area contributed by atoms with Gasteiger partial charge < -0.3 is 15.6 Å². The second-order valence-corrected chi connectivity index (χ2v) is 2.37. The lowest BCUT2D eigenvalue weighted by molar-refractivity contribution is 0.367. The van der Waals surface area contributed by atoms with Crippen LogP contribution >= 0.6 is 0 Å². The summed E-state index contributed by atoms with van der Waals surface area (Å²) in [5.74, 6) is 0.451. The molecule has 0 amide bonds. The summed E-state index contributed by atoms with van der Waals surface area (Å²) >= 11 is 0. The van der Waals surface area contributed by atoms with E-state index in [1.54, 1.807) is 12.1 Å². The Balaban J connectivity index is 3.21. The van der Waals surface area contributed by atoms with Gasteiger partial charge in [0.05, 0.1) is 12.7 Å². The van der Waals surface area contributed by atoms with E-state index in [1.807, 2.05) is 0 Å². The maximum Gasteiger partial charge on any atom is 0.128 e. The van der Waals surface area contributed by atoms with E-state index in [4.69, 9.17) is 10.5 Å². The van der Waals surface area contributed by atoms with Gasteiger partial charge >= 0.3 is 0 Å². The van der Waals surface area contributed by atoms with Gasteiger partial charge in [-0.15, -0.1) is 0 Å². The van der Waals surface area contributed by atoms with Crippen molar-refractivity contribution < 1.29 is 9.84 Å². The van der Waals surface area contributed by atoms with E-state index in [2.05, 4.69) is 6.58 Å². The number of nitrogen functional groups attached to an aromatic ring is 1. The second kappa shape index (κ2) is 3.17. The summed E-state index contributed by atoms with van der Waals surface area (Å²) in [5, 5.41) is 9.37. The largest absolute Gasteiger partial charge is 0.507 e. The van der Waals surface area contributed by atoms with Crippen LogP contribution in [-0.2, 0) is 4.74 Å². The summed E-state index contributed by atoms with van der Waals surface area (Å²) in [6, 6.07) is 4.88. The second-order valence-electron chi connectivity index (χ2n) is 2.37. The Morgan fingerprint density at radius 2 is 2.25 bits per heavy atom. The van der Waals surface area contributed by atoms with Gasteiger partial charge in [0.2, 0.25) is 0 Å². The molecule has 1 aromatic rings. The highest BCUT2D eigenvalue weighted by Gasteiger charge is 2.08. The molecule has 3 heteroatoms. The third kappa shape index (κ3) is 1.34. The Morgan fingerprint density at radius 1 is 1.58 bits per heavy atom. The molecule has 0 aliphatic carbocycles. The normalized spacial score (nSPS) is 9.42. The Morgan fingerprint density at radius 3 is 2.75 bits per heavy atom. The van der Waals surface area contributed by atoms with Crippen LogP contribution in [0.3, 0.4) is 0 Å². The third-order valence-electron chi connectivity index (χ3n) is 1.60. The molecule has 0 aliphatic heterocycles. The first-order valence-corrected chi connectivity index (χ1v) is 3.47. The molecule has 12 heavy (non-hydrogen) atoms. The SMILES string of the molecule is C=C(OC)c1c(N)cccc1O. The molecule has 0 fully saturated rings. The van der Waals surface area contributed by atoms with E-state index >= 15 is 0 Å². The number of benzene rings is 1. The van der Waals surface area contributed by atoms with Crippen molar-refractivity contribution in [1.29, 1.82) is 0 Å². The van der Waals surface area contributed by atoms with Gasteiger partial charge in [0.1, 0.15) is 11.5 Å². The molecular formula is C9H11NO2. The number of ether oxygens (including phenoxy) is 1. The topological polar surface area (TPSA) is 55.5 Å². The first-order valence-electron chi connectivity index (χ1n) is 3.47. The summed E-state index contributed by atoms with van der Waals surface area (Å²) in [5.41, 5.74) is 6.52. The van der Waals surface area contributed by atoms with E-state index in [0.717, 1.165) is 0 Å². The first-order chi connectivity index (χ1) is 5.66. The van der Waals surface area contributed by atoms with Crippen LogP contribution in [0.1, 0.15) is 5.56 Å². The number of phenols is 1. The predicted octanol–water partition coefficient (Wildman–Crippen LogP) is 1.59. The summed E-state index contributed by atoms with van der Waals surface area (Å²) in [7, 11) is 1.48. The van der Waals surface area contributed by atoms with Crippen molar-refractivity contribution in [1.82, 2.24) is 0 Å². The van der Waals surface area contributed by atoms with Crippen molar-refractivity contribution in [3.8, 4) is 5.75 Å². The minimum atomic E-state index is 0.0850. The molecule has 0 saturated carbocycles. The fourth-order valence-corrected chi connectivity index (χ4v) is 0.963. The zero-order valence-corrected chi connectivity index (χ0v) is 6.87. The monoisotopic (exact) mass is 165 g/mol. The summed E-state index contributed by atoms with van der Waals surface area (Å²) in [6.45, 7) is 3.60. The quantitative estimate of drug-likeness (QED) is 0.517. The molecule has 1 rings (SSSR count). The van der Waals surface area contributed by atoms with Crippen LogP contribution in [0.4, 0.5) is 5.69 Å². The number of anilines is 1. The molecule has 0 radical (unpaired) electrons. The molecule has 1 aromatic carbocycles. The van der Waals surface area contributed by atoms with Gasteiger partial charge in [0, 0.05) is 5.69 Å². The Labute approximate surface area is 71.1 Å². The average Bonchev–Trinajstić information content (AvgIpc) is 2.03. The van der Waals surface area contributed by atoms with Gasteiger partial charge in [0.15, 0.2) is 0 Å². The third-order valence-corrected chi connectivity index (χ3v) is 1.60. The number of nitrogens with two attached hydrogens (primary N) is 1. The van der Waals surface area contributed by atoms with Gasteiger partial charge in [-0.1, -0.05) is 12.6 Å². The summed E-state index contributed by atoms with van der Waals surface area (Å²) in [6.07, 6.45) is 0. The minimum absolute atomic E-state index is 0.0850. The molecule has 0 saturated heterocycles. The minimum Gasteiger partial charge on any atom is -0.507 e. The van der Waals surface area contributed by atoms with E-state index in [9.17, 15) is 5.11 Å². The number of methoxy groups -OCH3 is 1.